The minimum Gasteiger partial charge on any atom is -0.382 e. The number of nitrogens with one attached hydrogen (secondary N) is 2. The summed E-state index contributed by atoms with van der Waals surface area (Å²) in [6.45, 7) is 10.6. The molecule has 0 amide bonds. The summed E-state index contributed by atoms with van der Waals surface area (Å²) in [5.41, 5.74) is 0. The molecule has 15 heavy (non-hydrogen) atoms. The van der Waals surface area contributed by atoms with Crippen molar-refractivity contribution in [3.05, 3.63) is 0 Å². The molecule has 0 unspecified atom stereocenters. The maximum absolute atomic E-state index is 5.31. The van der Waals surface area contributed by atoms with Crippen LogP contribution in [0.5, 0.6) is 0 Å². The van der Waals surface area contributed by atoms with Crippen LogP contribution < -0.4 is 10.6 Å². The van der Waals surface area contributed by atoms with Gasteiger partial charge in [-0.05, 0) is 12.5 Å². The topological polar surface area (TPSA) is 42.5 Å². The Bertz CT molecular complexity index is 121. The maximum atomic E-state index is 5.31. The summed E-state index contributed by atoms with van der Waals surface area (Å²) in [6.07, 6.45) is 0. The van der Waals surface area contributed by atoms with Crippen molar-refractivity contribution in [3.8, 4) is 0 Å². The fraction of sp³-hybridized carbons (Fsp3) is 1.00. The summed E-state index contributed by atoms with van der Waals surface area (Å²) in [6, 6.07) is 0. The van der Waals surface area contributed by atoms with Crippen molar-refractivity contribution in [1.29, 1.82) is 0 Å². The van der Waals surface area contributed by atoms with Crippen molar-refractivity contribution in [2.45, 2.75) is 13.8 Å². The number of methoxy groups -OCH3 is 1. The fourth-order valence-electron chi connectivity index (χ4n) is 1.08. The molecule has 0 atom stereocenters. The van der Waals surface area contributed by atoms with Gasteiger partial charge in [-0.2, -0.15) is 0 Å². The lowest BCUT2D eigenvalue weighted by Gasteiger charge is -2.08. The molecule has 0 aromatic rings. The highest BCUT2D eigenvalue weighted by atomic mass is 16.5. The van der Waals surface area contributed by atoms with E-state index in [-0.39, 0.29) is 0 Å². The van der Waals surface area contributed by atoms with Gasteiger partial charge in [0.25, 0.3) is 0 Å². The van der Waals surface area contributed by atoms with Gasteiger partial charge in [-0.15, -0.1) is 0 Å². The van der Waals surface area contributed by atoms with Gasteiger partial charge in [-0.3, -0.25) is 0 Å². The average Bonchev–Trinajstić information content (AvgIpc) is 2.20. The van der Waals surface area contributed by atoms with Gasteiger partial charge >= 0.3 is 0 Å². The Morgan fingerprint density at radius 1 is 0.933 bits per heavy atom. The van der Waals surface area contributed by atoms with Gasteiger partial charge < -0.3 is 20.1 Å². The van der Waals surface area contributed by atoms with E-state index < -0.39 is 0 Å². The van der Waals surface area contributed by atoms with E-state index in [2.05, 4.69) is 24.5 Å². The zero-order valence-electron chi connectivity index (χ0n) is 10.3. The van der Waals surface area contributed by atoms with Gasteiger partial charge in [0.15, 0.2) is 0 Å². The first-order valence-electron chi connectivity index (χ1n) is 5.75. The quantitative estimate of drug-likeness (QED) is 0.495. The van der Waals surface area contributed by atoms with Crippen molar-refractivity contribution in [1.82, 2.24) is 10.6 Å². The Hall–Kier alpha value is -0.160. The first kappa shape index (κ1) is 14.8. The molecule has 2 N–H and O–H groups in total. The number of hydrogen-bond acceptors (Lipinski definition) is 4. The van der Waals surface area contributed by atoms with Gasteiger partial charge in [0, 0.05) is 26.7 Å². The molecule has 0 aliphatic rings. The van der Waals surface area contributed by atoms with E-state index in [9.17, 15) is 0 Å². The highest BCUT2D eigenvalue weighted by Crippen LogP contribution is 1.85. The molecule has 0 fully saturated rings. The fourth-order valence-corrected chi connectivity index (χ4v) is 1.08. The zero-order chi connectivity index (χ0) is 11.4. The van der Waals surface area contributed by atoms with E-state index >= 15 is 0 Å². The van der Waals surface area contributed by atoms with E-state index in [0.29, 0.717) is 13.2 Å². The van der Waals surface area contributed by atoms with Crippen molar-refractivity contribution in [3.63, 3.8) is 0 Å². The summed E-state index contributed by atoms with van der Waals surface area (Å²) in [4.78, 5) is 0. The second-order valence-corrected chi connectivity index (χ2v) is 3.95. The molecule has 0 aromatic carbocycles. The molecule has 92 valence electrons. The van der Waals surface area contributed by atoms with E-state index in [0.717, 1.165) is 38.7 Å². The molecule has 0 heterocycles. The molecular formula is C11H26N2O2. The molecule has 0 rings (SSSR count). The van der Waals surface area contributed by atoms with E-state index in [1.807, 2.05) is 0 Å². The van der Waals surface area contributed by atoms with Crippen LogP contribution >= 0.6 is 0 Å². The highest BCUT2D eigenvalue weighted by molar-refractivity contribution is 4.53. The van der Waals surface area contributed by atoms with Crippen molar-refractivity contribution >= 4 is 0 Å². The highest BCUT2D eigenvalue weighted by Gasteiger charge is 1.92. The van der Waals surface area contributed by atoms with Crippen LogP contribution in [-0.4, -0.2) is 53.1 Å². The maximum Gasteiger partial charge on any atom is 0.0700 e. The number of rotatable bonds is 11. The minimum atomic E-state index is 0.677. The van der Waals surface area contributed by atoms with Crippen molar-refractivity contribution in [2.24, 2.45) is 5.92 Å². The summed E-state index contributed by atoms with van der Waals surface area (Å²) in [5, 5.41) is 6.68. The lowest BCUT2D eigenvalue weighted by molar-refractivity contribution is 0.0721. The van der Waals surface area contributed by atoms with Crippen LogP contribution in [0.25, 0.3) is 0 Å². The molecular weight excluding hydrogens is 192 g/mol. The summed E-state index contributed by atoms with van der Waals surface area (Å²) in [5.74, 6) is 0.724. The zero-order valence-corrected chi connectivity index (χ0v) is 10.3. The van der Waals surface area contributed by atoms with Crippen LogP contribution in [0, 0.1) is 5.92 Å². The van der Waals surface area contributed by atoms with Crippen LogP contribution in [0.4, 0.5) is 0 Å². The Labute approximate surface area is 93.7 Å². The Balaban J connectivity index is 2.87. The van der Waals surface area contributed by atoms with Crippen LogP contribution in [0.1, 0.15) is 13.8 Å². The molecule has 0 aliphatic carbocycles. The van der Waals surface area contributed by atoms with Gasteiger partial charge in [-0.25, -0.2) is 0 Å². The summed E-state index contributed by atoms with van der Waals surface area (Å²) in [7, 11) is 1.68. The summed E-state index contributed by atoms with van der Waals surface area (Å²) >= 11 is 0. The standard InChI is InChI=1S/C11H26N2O2/c1-11(2)10-13-5-4-12-6-7-15-9-8-14-3/h11-13H,4-10H2,1-3H3. The molecule has 0 radical (unpaired) electrons. The second-order valence-electron chi connectivity index (χ2n) is 3.95. The number of hydrogen-bond donors (Lipinski definition) is 2. The van der Waals surface area contributed by atoms with Gasteiger partial charge in [0.05, 0.1) is 19.8 Å². The predicted octanol–water partition coefficient (Wildman–Crippen LogP) is 0.485. The van der Waals surface area contributed by atoms with E-state index in [1.54, 1.807) is 7.11 Å². The van der Waals surface area contributed by atoms with Crippen LogP contribution in [0.2, 0.25) is 0 Å². The van der Waals surface area contributed by atoms with E-state index in [4.69, 9.17) is 9.47 Å². The molecule has 0 aliphatic heterocycles. The third kappa shape index (κ3) is 13.8. The first-order valence-corrected chi connectivity index (χ1v) is 5.75. The second kappa shape index (κ2) is 11.9. The van der Waals surface area contributed by atoms with Crippen molar-refractivity contribution in [2.75, 3.05) is 53.1 Å². The molecule has 0 spiro atoms. The molecule has 4 nitrogen and oxygen atoms in total. The van der Waals surface area contributed by atoms with Crippen LogP contribution in [-0.2, 0) is 9.47 Å². The van der Waals surface area contributed by atoms with Crippen LogP contribution in [0.15, 0.2) is 0 Å². The van der Waals surface area contributed by atoms with Gasteiger partial charge in [-0.1, -0.05) is 13.8 Å². The smallest absolute Gasteiger partial charge is 0.0700 e. The van der Waals surface area contributed by atoms with Crippen LogP contribution in [0.3, 0.4) is 0 Å². The lowest BCUT2D eigenvalue weighted by Crippen LogP contribution is -2.31. The third-order valence-corrected chi connectivity index (χ3v) is 1.89. The Kier molecular flexibility index (Phi) is 11.8. The average molecular weight is 218 g/mol. The lowest BCUT2D eigenvalue weighted by atomic mass is 10.2. The number of ether oxygens (including phenoxy) is 2. The Morgan fingerprint density at radius 2 is 1.67 bits per heavy atom. The molecule has 4 heteroatoms. The summed E-state index contributed by atoms with van der Waals surface area (Å²) < 4.78 is 10.2. The SMILES string of the molecule is COCCOCCNCCNCC(C)C. The Morgan fingerprint density at radius 3 is 2.33 bits per heavy atom. The minimum absolute atomic E-state index is 0.677. The third-order valence-electron chi connectivity index (χ3n) is 1.89. The monoisotopic (exact) mass is 218 g/mol. The molecule has 0 aromatic heterocycles. The van der Waals surface area contributed by atoms with Gasteiger partial charge in [0.1, 0.15) is 0 Å². The molecule has 0 saturated carbocycles. The van der Waals surface area contributed by atoms with E-state index in [1.165, 1.54) is 0 Å². The molecule has 0 saturated heterocycles. The largest absolute Gasteiger partial charge is 0.382 e. The normalized spacial score (nSPS) is 11.2. The first-order chi connectivity index (χ1) is 7.27. The predicted molar refractivity (Wildman–Crippen MR) is 63.3 cm³/mol. The van der Waals surface area contributed by atoms with Crippen molar-refractivity contribution < 1.29 is 9.47 Å². The molecule has 0 bridgehead atoms. The van der Waals surface area contributed by atoms with Gasteiger partial charge in [0.2, 0.25) is 0 Å².